The van der Waals surface area contributed by atoms with Gasteiger partial charge in [0.15, 0.2) is 0 Å². The maximum absolute atomic E-state index is 11.3. The van der Waals surface area contributed by atoms with Gasteiger partial charge < -0.3 is 35.4 Å². The van der Waals surface area contributed by atoms with Crippen LogP contribution in [0.3, 0.4) is 0 Å². The van der Waals surface area contributed by atoms with Crippen LogP contribution in [0.1, 0.15) is 91.1 Å². The topological polar surface area (TPSA) is 190 Å². The standard InChI is InChI=1S/C20H22N2O3.C17H18N2O2.C16H16N2O2/c1-12(24)8-9-15-13(2)18(21-14(15)3)10-17-16-6-4-5-7-19(16)22(11-23)20(17)25;1-10-8-11(2)18-15(10)9-14-13-6-4-5-7-16(13)19(12(3)20)17(14)21;1-10-7-11(2)17-14(10)8-13-12-5-3-4-6-15(12)18(9-19)16(13)20/h4-7,10,23,25H,8-9,11H2,1-3H3;4-9,12,20-21H,1-3H3;3-8,19-20H,9H2,1-2H3. The fourth-order valence-corrected chi connectivity index (χ4v) is 8.67. The molecule has 0 aliphatic carbocycles. The van der Waals surface area contributed by atoms with E-state index >= 15 is 0 Å². The van der Waals surface area contributed by atoms with Crippen LogP contribution in [0.2, 0.25) is 0 Å². The van der Waals surface area contributed by atoms with Gasteiger partial charge >= 0.3 is 0 Å². The molecule has 13 heteroatoms. The molecule has 340 valence electrons. The third kappa shape index (κ3) is 9.14. The molecule has 3 aromatic heterocycles. The monoisotopic (exact) mass is 888 g/mol. The van der Waals surface area contributed by atoms with Gasteiger partial charge in [0, 0.05) is 56.4 Å². The predicted octanol–water partition coefficient (Wildman–Crippen LogP) is 10.5. The zero-order chi connectivity index (χ0) is 47.6. The zero-order valence-electron chi connectivity index (χ0n) is 38.5. The number of Topliss-reactive ketones (excluding diaryl/α,β-unsaturated/α-hetero) is 1. The molecule has 3 aliphatic rings. The number of benzene rings is 3. The van der Waals surface area contributed by atoms with E-state index in [2.05, 4.69) is 15.0 Å². The normalized spacial score (nSPS) is 17.0. The van der Waals surface area contributed by atoms with Gasteiger partial charge in [-0.05, 0) is 133 Å². The first-order valence-corrected chi connectivity index (χ1v) is 21.7. The molecule has 3 aromatic carbocycles. The van der Waals surface area contributed by atoms with Crippen LogP contribution >= 0.6 is 0 Å². The van der Waals surface area contributed by atoms with E-state index in [1.807, 2.05) is 145 Å². The molecule has 0 radical (unpaired) electrons. The fourth-order valence-electron chi connectivity index (χ4n) is 8.67. The van der Waals surface area contributed by atoms with Gasteiger partial charge in [0.05, 0.1) is 33.6 Å². The van der Waals surface area contributed by atoms with Gasteiger partial charge in [-0.2, -0.15) is 0 Å². The van der Waals surface area contributed by atoms with Crippen LogP contribution < -0.4 is 0 Å². The molecular weight excluding hydrogens is 833 g/mol. The Balaban J connectivity index is 0.000000148. The van der Waals surface area contributed by atoms with Crippen molar-refractivity contribution < 1.29 is 35.4 Å². The average Bonchev–Trinajstić information content (AvgIpc) is 4.08. The van der Waals surface area contributed by atoms with E-state index in [9.17, 15) is 35.4 Å². The van der Waals surface area contributed by atoms with Crippen LogP contribution in [0.5, 0.6) is 17.6 Å². The first kappa shape index (κ1) is 46.7. The van der Waals surface area contributed by atoms with Gasteiger partial charge in [0.1, 0.15) is 25.5 Å². The number of ketones is 1. The first-order chi connectivity index (χ1) is 31.5. The minimum atomic E-state index is -0.799. The molecule has 0 saturated carbocycles. The van der Waals surface area contributed by atoms with Gasteiger partial charge in [0.2, 0.25) is 17.6 Å². The summed E-state index contributed by atoms with van der Waals surface area (Å²) in [5.74, 6) is 0.309. The Bertz CT molecular complexity index is 3210. The summed E-state index contributed by atoms with van der Waals surface area (Å²) in [6, 6.07) is 22.8. The largest absolute Gasteiger partial charge is 0.494 e. The molecule has 9 rings (SSSR count). The molecule has 13 nitrogen and oxygen atoms in total. The molecule has 0 amide bonds. The number of aliphatic hydroxyl groups is 3. The fraction of sp³-hybridized carbons (Fsp3) is 0.245. The Morgan fingerprint density at radius 1 is 0.606 bits per heavy atom. The summed E-state index contributed by atoms with van der Waals surface area (Å²) < 4.78 is 4.46. The van der Waals surface area contributed by atoms with E-state index in [1.54, 1.807) is 13.8 Å². The van der Waals surface area contributed by atoms with Crippen LogP contribution in [-0.4, -0.2) is 67.3 Å². The average molecular weight is 889 g/mol. The van der Waals surface area contributed by atoms with Gasteiger partial charge in [-0.25, -0.2) is 0 Å². The Kier molecular flexibility index (Phi) is 13.7. The molecule has 66 heavy (non-hydrogen) atoms. The molecule has 3 aliphatic heterocycles. The van der Waals surface area contributed by atoms with Gasteiger partial charge in [-0.3, -0.25) is 28.7 Å². The number of carbonyl (C=O) groups excluding carboxylic acids is 1. The third-order valence-electron chi connectivity index (χ3n) is 11.9. The number of aliphatic hydroxyl groups excluding tert-OH is 3. The maximum atomic E-state index is 11.3. The summed E-state index contributed by atoms with van der Waals surface area (Å²) in [6.45, 7) is 14.5. The number of hydrogen-bond donors (Lipinski definition) is 6. The highest BCUT2D eigenvalue weighted by molar-refractivity contribution is 6.05. The van der Waals surface area contributed by atoms with Crippen molar-refractivity contribution in [3.8, 4) is 17.6 Å². The number of allylic oxidation sites excluding steroid dienone is 6. The smallest absolute Gasteiger partial charge is 0.201 e. The molecule has 6 aromatic rings. The van der Waals surface area contributed by atoms with E-state index in [1.165, 1.54) is 13.7 Å². The summed E-state index contributed by atoms with van der Waals surface area (Å²) in [6.07, 6.45) is 9.99. The van der Waals surface area contributed by atoms with Crippen LogP contribution in [-0.2, 0) is 18.3 Å². The Morgan fingerprint density at radius 2 is 1.02 bits per heavy atom. The van der Waals surface area contributed by atoms with Crippen molar-refractivity contribution in [3.05, 3.63) is 141 Å². The van der Waals surface area contributed by atoms with Gasteiger partial charge in [0.25, 0.3) is 0 Å². The second-order valence-electron chi connectivity index (χ2n) is 16.7. The summed E-state index contributed by atoms with van der Waals surface area (Å²) >= 11 is 0. The van der Waals surface area contributed by atoms with Crippen molar-refractivity contribution in [2.75, 3.05) is 0 Å². The zero-order valence-corrected chi connectivity index (χ0v) is 38.5. The lowest BCUT2D eigenvalue weighted by atomic mass is 9.99. The van der Waals surface area contributed by atoms with E-state index in [0.717, 1.165) is 89.2 Å². The highest BCUT2D eigenvalue weighted by Crippen LogP contribution is 2.39. The maximum Gasteiger partial charge on any atom is 0.201 e. The van der Waals surface area contributed by atoms with Crippen molar-refractivity contribution in [3.63, 3.8) is 0 Å². The van der Waals surface area contributed by atoms with E-state index < -0.39 is 6.23 Å². The predicted molar refractivity (Wildman–Crippen MR) is 266 cm³/mol. The van der Waals surface area contributed by atoms with Gasteiger partial charge in [-0.1, -0.05) is 54.6 Å². The summed E-state index contributed by atoms with van der Waals surface area (Å²) in [5, 5.41) is 62.9. The van der Waals surface area contributed by atoms with Gasteiger partial charge in [-0.15, -0.1) is 0 Å². The lowest BCUT2D eigenvalue weighted by Gasteiger charge is -2.09. The molecular formula is C53H56N6O7. The molecule has 0 fully saturated rings. The molecule has 0 bridgehead atoms. The Labute approximate surface area is 383 Å². The molecule has 6 heterocycles. The number of aliphatic imine (C=N–C) groups is 3. The minimum absolute atomic E-state index is 0.0223. The van der Waals surface area contributed by atoms with Crippen molar-refractivity contribution >= 4 is 73.9 Å². The first-order valence-electron chi connectivity index (χ1n) is 21.7. The molecule has 0 saturated heterocycles. The number of carbonyl (C=O) groups is 1. The number of aromatic nitrogens is 3. The lowest BCUT2D eigenvalue weighted by molar-refractivity contribution is -0.116. The highest BCUT2D eigenvalue weighted by atomic mass is 16.3. The SMILES string of the molecule is CC(=O)CCC1=C(C)C(=Cc2c(O)n(CO)c3ccccc23)N=C1C.CC1=CC(C)=NC1=Cc1c(O)n(C(C)O)c2ccccc12.CC1=CC(C)=NC1=Cc1c(O)n(CO)c2ccccc12. The third-order valence-corrected chi connectivity index (χ3v) is 11.9. The van der Waals surface area contributed by atoms with Crippen LogP contribution in [0.4, 0.5) is 0 Å². The van der Waals surface area contributed by atoms with E-state index in [0.29, 0.717) is 29.5 Å². The summed E-state index contributed by atoms with van der Waals surface area (Å²) in [4.78, 5) is 24.8. The van der Waals surface area contributed by atoms with Crippen LogP contribution in [0.25, 0.3) is 50.9 Å². The van der Waals surface area contributed by atoms with E-state index in [-0.39, 0.29) is 36.9 Å². The Morgan fingerprint density at radius 3 is 1.42 bits per heavy atom. The Hall–Kier alpha value is -7.32. The molecule has 1 unspecified atom stereocenters. The minimum Gasteiger partial charge on any atom is -0.494 e. The van der Waals surface area contributed by atoms with Crippen molar-refractivity contribution in [1.82, 2.24) is 13.7 Å². The summed E-state index contributed by atoms with van der Waals surface area (Å²) in [7, 11) is 0. The van der Waals surface area contributed by atoms with Crippen molar-refractivity contribution in [2.24, 2.45) is 15.0 Å². The number of aromatic hydroxyl groups is 3. The van der Waals surface area contributed by atoms with Crippen molar-refractivity contribution in [2.45, 2.75) is 87.9 Å². The number of nitrogens with zero attached hydrogens (tertiary/aromatic N) is 6. The summed E-state index contributed by atoms with van der Waals surface area (Å²) in [5.41, 5.74) is 14.0. The van der Waals surface area contributed by atoms with Crippen LogP contribution in [0.15, 0.2) is 139 Å². The second-order valence-corrected chi connectivity index (χ2v) is 16.7. The number of rotatable bonds is 9. The van der Waals surface area contributed by atoms with Crippen molar-refractivity contribution in [1.29, 1.82) is 0 Å². The second kappa shape index (κ2) is 19.4. The molecule has 1 atom stereocenters. The number of fused-ring (bicyclic) bond motifs is 3. The van der Waals surface area contributed by atoms with Crippen LogP contribution in [0, 0.1) is 0 Å². The molecule has 6 N–H and O–H groups in total. The quantitative estimate of drug-likeness (QED) is 0.0832. The number of para-hydroxylation sites is 3. The van der Waals surface area contributed by atoms with E-state index in [4.69, 9.17) is 0 Å². The molecule has 0 spiro atoms. The lowest BCUT2D eigenvalue weighted by Crippen LogP contribution is -2.02. The highest BCUT2D eigenvalue weighted by Gasteiger charge is 2.22. The number of hydrogen-bond acceptors (Lipinski definition) is 10.